The molecule has 0 saturated heterocycles. The van der Waals surface area contributed by atoms with E-state index in [0.29, 0.717) is 22.6 Å². The number of fused-ring (bicyclic) bond motifs is 1. The highest BCUT2D eigenvalue weighted by Crippen LogP contribution is 2.20. The van der Waals surface area contributed by atoms with E-state index in [0.717, 1.165) is 10.9 Å². The van der Waals surface area contributed by atoms with Gasteiger partial charge in [-0.25, -0.2) is 4.98 Å². The van der Waals surface area contributed by atoms with Crippen LogP contribution in [-0.4, -0.2) is 39.0 Å². The Morgan fingerprint density at radius 2 is 2.25 bits per heavy atom. The summed E-state index contributed by atoms with van der Waals surface area (Å²) in [7, 11) is 0. The maximum absolute atomic E-state index is 12.7. The molecule has 8 heteroatoms. The van der Waals surface area contributed by atoms with Crippen LogP contribution in [0.4, 0.5) is 0 Å². The number of aliphatic hydroxyl groups excluding tert-OH is 1. The monoisotopic (exact) mass is 413 g/mol. The van der Waals surface area contributed by atoms with E-state index in [2.05, 4.69) is 26.2 Å². The Bertz CT molecular complexity index is 792. The molecule has 0 fully saturated rings. The number of aliphatic hydroxyl groups is 1. The molecule has 0 unspecified atom stereocenters. The van der Waals surface area contributed by atoms with Gasteiger partial charge in [0, 0.05) is 11.0 Å². The normalized spacial score (nSPS) is 12.3. The third-order valence-corrected chi connectivity index (χ3v) is 4.70. The number of carbonyl (C=O) groups is 1. The second-order valence-electron chi connectivity index (χ2n) is 5.46. The molecule has 0 bridgehead atoms. The van der Waals surface area contributed by atoms with Crippen LogP contribution in [0.3, 0.4) is 0 Å². The quantitative estimate of drug-likeness (QED) is 0.536. The van der Waals surface area contributed by atoms with E-state index in [1.807, 2.05) is 13.0 Å². The third-order valence-electron chi connectivity index (χ3n) is 3.23. The molecule has 0 aliphatic rings. The van der Waals surface area contributed by atoms with Crippen molar-refractivity contribution in [2.45, 2.75) is 38.1 Å². The van der Waals surface area contributed by atoms with Crippen LogP contribution in [0, 0.1) is 0 Å². The molecule has 2 aromatic rings. The Balaban J connectivity index is 2.37. The van der Waals surface area contributed by atoms with Gasteiger partial charge in [0.2, 0.25) is 5.91 Å². The number of rotatable bonds is 7. The lowest BCUT2D eigenvalue weighted by Gasteiger charge is -2.14. The molecule has 1 aromatic carbocycles. The number of nitrogens with one attached hydrogen (secondary N) is 1. The van der Waals surface area contributed by atoms with Gasteiger partial charge in [0.05, 0.1) is 29.3 Å². The van der Waals surface area contributed by atoms with Gasteiger partial charge in [-0.3, -0.25) is 14.2 Å². The molecule has 2 N–H and O–H groups in total. The van der Waals surface area contributed by atoms with Gasteiger partial charge in [-0.05, 0) is 31.5 Å². The summed E-state index contributed by atoms with van der Waals surface area (Å²) in [6, 6.07) is 5.29. The molecule has 0 saturated carbocycles. The number of nitrogens with zero attached hydrogens (tertiary/aromatic N) is 2. The lowest BCUT2D eigenvalue weighted by molar-refractivity contribution is -0.118. The molecule has 1 heterocycles. The van der Waals surface area contributed by atoms with Crippen LogP contribution in [0.15, 0.2) is 32.6 Å². The Morgan fingerprint density at radius 1 is 1.50 bits per heavy atom. The fourth-order valence-electron chi connectivity index (χ4n) is 2.15. The molecule has 2 rings (SSSR count). The highest BCUT2D eigenvalue weighted by molar-refractivity contribution is 9.10. The number of amides is 1. The van der Waals surface area contributed by atoms with E-state index in [1.54, 1.807) is 19.1 Å². The molecule has 0 radical (unpaired) electrons. The van der Waals surface area contributed by atoms with Crippen molar-refractivity contribution in [1.82, 2.24) is 14.9 Å². The maximum atomic E-state index is 12.7. The first kappa shape index (κ1) is 19.0. The van der Waals surface area contributed by atoms with Gasteiger partial charge in [-0.1, -0.05) is 34.6 Å². The standard InChI is InChI=1S/C16H20BrN3O3S/c1-3-6-18-14(22)9-24-16-19-13-5-4-11(17)7-12(13)15(23)20(16)8-10(2)21/h4-5,7,10,21H,3,6,8-9H2,1-2H3,(H,18,22)/t10-/m0/s1. The van der Waals surface area contributed by atoms with Crippen molar-refractivity contribution >= 4 is 44.5 Å². The zero-order valence-corrected chi connectivity index (χ0v) is 16.0. The smallest absolute Gasteiger partial charge is 0.262 e. The van der Waals surface area contributed by atoms with Gasteiger partial charge in [0.15, 0.2) is 5.16 Å². The molecule has 0 spiro atoms. The largest absolute Gasteiger partial charge is 0.392 e. The van der Waals surface area contributed by atoms with Crippen molar-refractivity contribution in [2.24, 2.45) is 0 Å². The minimum atomic E-state index is -0.692. The van der Waals surface area contributed by atoms with Crippen LogP contribution in [0.5, 0.6) is 0 Å². The molecule has 130 valence electrons. The maximum Gasteiger partial charge on any atom is 0.262 e. The summed E-state index contributed by atoms with van der Waals surface area (Å²) < 4.78 is 2.22. The number of thioether (sulfide) groups is 1. The zero-order valence-electron chi connectivity index (χ0n) is 13.6. The van der Waals surface area contributed by atoms with Gasteiger partial charge < -0.3 is 10.4 Å². The molecule has 24 heavy (non-hydrogen) atoms. The van der Waals surface area contributed by atoms with E-state index >= 15 is 0 Å². The Hall–Kier alpha value is -1.38. The van der Waals surface area contributed by atoms with Crippen LogP contribution >= 0.6 is 27.7 Å². The third kappa shape index (κ3) is 4.81. The zero-order chi connectivity index (χ0) is 17.7. The number of benzene rings is 1. The highest BCUT2D eigenvalue weighted by atomic mass is 79.9. The van der Waals surface area contributed by atoms with Crippen molar-refractivity contribution in [1.29, 1.82) is 0 Å². The minimum absolute atomic E-state index is 0.101. The van der Waals surface area contributed by atoms with Crippen molar-refractivity contribution < 1.29 is 9.90 Å². The summed E-state index contributed by atoms with van der Waals surface area (Å²) in [5, 5.41) is 13.4. The van der Waals surface area contributed by atoms with Gasteiger partial charge in [-0.2, -0.15) is 0 Å². The van der Waals surface area contributed by atoms with Crippen LogP contribution in [0.25, 0.3) is 10.9 Å². The summed E-state index contributed by atoms with van der Waals surface area (Å²) >= 11 is 4.55. The van der Waals surface area contributed by atoms with E-state index in [1.165, 1.54) is 16.3 Å². The molecule has 0 aliphatic heterocycles. The number of hydrogen-bond acceptors (Lipinski definition) is 5. The van der Waals surface area contributed by atoms with Crippen LogP contribution in [0.1, 0.15) is 20.3 Å². The van der Waals surface area contributed by atoms with E-state index in [9.17, 15) is 14.7 Å². The number of halogens is 1. The first-order chi connectivity index (χ1) is 11.4. The summed E-state index contributed by atoms with van der Waals surface area (Å²) in [6.07, 6.45) is 0.175. The SMILES string of the molecule is CCCNC(=O)CSc1nc2ccc(Br)cc2c(=O)n1C[C@H](C)O. The van der Waals surface area contributed by atoms with Crippen molar-refractivity contribution in [3.05, 3.63) is 33.0 Å². The lowest BCUT2D eigenvalue weighted by Crippen LogP contribution is -2.29. The number of carbonyl (C=O) groups excluding carboxylic acids is 1. The average molecular weight is 414 g/mol. The van der Waals surface area contributed by atoms with Crippen molar-refractivity contribution in [3.63, 3.8) is 0 Å². The van der Waals surface area contributed by atoms with Crippen LogP contribution in [0.2, 0.25) is 0 Å². The molecular weight excluding hydrogens is 394 g/mol. The van der Waals surface area contributed by atoms with Crippen molar-refractivity contribution in [3.8, 4) is 0 Å². The summed E-state index contributed by atoms with van der Waals surface area (Å²) in [4.78, 5) is 29.0. The van der Waals surface area contributed by atoms with Crippen LogP contribution in [-0.2, 0) is 11.3 Å². The van der Waals surface area contributed by atoms with E-state index in [4.69, 9.17) is 0 Å². The Labute approximate surface area is 152 Å². The minimum Gasteiger partial charge on any atom is -0.392 e. The van der Waals surface area contributed by atoms with Gasteiger partial charge in [0.1, 0.15) is 0 Å². The van der Waals surface area contributed by atoms with E-state index in [-0.39, 0.29) is 23.8 Å². The molecule has 1 atom stereocenters. The first-order valence-corrected chi connectivity index (χ1v) is 9.48. The van der Waals surface area contributed by atoms with Gasteiger partial charge >= 0.3 is 0 Å². The first-order valence-electron chi connectivity index (χ1n) is 7.70. The predicted octanol–water partition coefficient (Wildman–Crippen LogP) is 2.16. The van der Waals surface area contributed by atoms with Crippen molar-refractivity contribution in [2.75, 3.05) is 12.3 Å². The number of hydrogen-bond donors (Lipinski definition) is 2. The molecule has 1 aromatic heterocycles. The van der Waals surface area contributed by atoms with E-state index < -0.39 is 6.10 Å². The Kier molecular flexibility index (Phi) is 6.82. The average Bonchev–Trinajstić information content (AvgIpc) is 2.54. The lowest BCUT2D eigenvalue weighted by atomic mass is 10.2. The summed E-state index contributed by atoms with van der Waals surface area (Å²) in [5.74, 6) is 0.0736. The van der Waals surface area contributed by atoms with Crippen LogP contribution < -0.4 is 10.9 Å². The fourth-order valence-corrected chi connectivity index (χ4v) is 3.35. The molecule has 6 nitrogen and oxygen atoms in total. The fraction of sp³-hybridized carbons (Fsp3) is 0.438. The summed E-state index contributed by atoms with van der Waals surface area (Å²) in [6.45, 7) is 4.35. The molecule has 1 amide bonds. The van der Waals surface area contributed by atoms with Gasteiger partial charge in [0.25, 0.3) is 5.56 Å². The Morgan fingerprint density at radius 3 is 2.92 bits per heavy atom. The molecule has 0 aliphatic carbocycles. The van der Waals surface area contributed by atoms with Gasteiger partial charge in [-0.15, -0.1) is 0 Å². The second kappa shape index (κ2) is 8.64. The predicted molar refractivity (Wildman–Crippen MR) is 99.4 cm³/mol. The molecular formula is C16H20BrN3O3S. The highest BCUT2D eigenvalue weighted by Gasteiger charge is 2.15. The second-order valence-corrected chi connectivity index (χ2v) is 7.32. The summed E-state index contributed by atoms with van der Waals surface area (Å²) in [5.41, 5.74) is 0.347. The number of aromatic nitrogens is 2. The topological polar surface area (TPSA) is 84.2 Å².